The molecule has 1 N–H and O–H groups in total. The Labute approximate surface area is 128 Å². The molecule has 0 aliphatic carbocycles. The van der Waals surface area contributed by atoms with E-state index in [2.05, 4.69) is 15.3 Å². The number of aromatic nitrogens is 2. The second-order valence-electron chi connectivity index (χ2n) is 4.58. The Morgan fingerprint density at radius 2 is 1.68 bits per heavy atom. The Balaban J connectivity index is 1.95. The molecule has 0 saturated heterocycles. The van der Waals surface area contributed by atoms with Crippen LogP contribution in [-0.2, 0) is 6.18 Å². The van der Waals surface area contributed by atoms with Gasteiger partial charge in [-0.15, -0.1) is 0 Å². The molecule has 0 bridgehead atoms. The van der Waals surface area contributed by atoms with Gasteiger partial charge in [0.05, 0.1) is 11.1 Å². The minimum absolute atomic E-state index is 0.479. The van der Waals surface area contributed by atoms with Gasteiger partial charge < -0.3 is 5.32 Å². The van der Waals surface area contributed by atoms with Crippen molar-refractivity contribution in [3.63, 3.8) is 0 Å². The van der Waals surface area contributed by atoms with Crippen LogP contribution in [0, 0.1) is 0 Å². The molecule has 2 aromatic carbocycles. The van der Waals surface area contributed by atoms with Crippen LogP contribution in [0.2, 0.25) is 5.02 Å². The number of fused-ring (bicyclic) bond motifs is 1. The Bertz CT molecular complexity index is 816. The maximum absolute atomic E-state index is 12.5. The highest BCUT2D eigenvalue weighted by Gasteiger charge is 2.29. The molecule has 0 unspecified atom stereocenters. The molecule has 0 atom stereocenters. The number of nitrogens with zero attached hydrogens (tertiary/aromatic N) is 2. The zero-order valence-corrected chi connectivity index (χ0v) is 11.8. The Morgan fingerprint density at radius 3 is 2.36 bits per heavy atom. The maximum atomic E-state index is 12.5. The summed E-state index contributed by atoms with van der Waals surface area (Å²) < 4.78 is 37.6. The van der Waals surface area contributed by atoms with E-state index in [4.69, 9.17) is 11.6 Å². The summed E-state index contributed by atoms with van der Waals surface area (Å²) in [5.74, 6) is 0.479. The molecule has 0 radical (unpaired) electrons. The van der Waals surface area contributed by atoms with Crippen LogP contribution in [0.25, 0.3) is 10.9 Å². The molecule has 3 rings (SSSR count). The lowest BCUT2D eigenvalue weighted by Gasteiger charge is -2.10. The molecule has 112 valence electrons. The van der Waals surface area contributed by atoms with Gasteiger partial charge in [-0.05, 0) is 42.5 Å². The summed E-state index contributed by atoms with van der Waals surface area (Å²) in [7, 11) is 0. The molecule has 0 amide bonds. The summed E-state index contributed by atoms with van der Waals surface area (Å²) in [6.45, 7) is 0. The second-order valence-corrected chi connectivity index (χ2v) is 5.02. The molecular formula is C15H9ClF3N3. The summed E-state index contributed by atoms with van der Waals surface area (Å²) in [5.41, 5.74) is 0.482. The molecule has 22 heavy (non-hydrogen) atoms. The van der Waals surface area contributed by atoms with Crippen molar-refractivity contribution in [2.24, 2.45) is 0 Å². The first-order valence-electron chi connectivity index (χ1n) is 6.28. The molecule has 0 fully saturated rings. The smallest absolute Gasteiger partial charge is 0.340 e. The predicted molar refractivity (Wildman–Crippen MR) is 79.3 cm³/mol. The summed E-state index contributed by atoms with van der Waals surface area (Å²) in [6.07, 6.45) is -2.98. The molecule has 1 aromatic heterocycles. The van der Waals surface area contributed by atoms with E-state index in [1.54, 1.807) is 18.2 Å². The van der Waals surface area contributed by atoms with E-state index >= 15 is 0 Å². The monoisotopic (exact) mass is 323 g/mol. The first kappa shape index (κ1) is 14.6. The van der Waals surface area contributed by atoms with Gasteiger partial charge in [0, 0.05) is 16.1 Å². The third-order valence-corrected chi connectivity index (χ3v) is 3.31. The molecule has 3 aromatic rings. The second kappa shape index (κ2) is 5.46. The van der Waals surface area contributed by atoms with Gasteiger partial charge in [0.25, 0.3) is 0 Å². The van der Waals surface area contributed by atoms with E-state index in [9.17, 15) is 13.2 Å². The quantitative estimate of drug-likeness (QED) is 0.717. The van der Waals surface area contributed by atoms with Gasteiger partial charge in [-0.2, -0.15) is 13.2 Å². The fraction of sp³-hybridized carbons (Fsp3) is 0.0667. The molecule has 0 aliphatic rings. The lowest BCUT2D eigenvalue weighted by Crippen LogP contribution is -2.04. The average Bonchev–Trinajstić information content (AvgIpc) is 2.47. The van der Waals surface area contributed by atoms with Crippen LogP contribution in [-0.4, -0.2) is 9.97 Å². The molecule has 0 saturated carbocycles. The van der Waals surface area contributed by atoms with Crippen LogP contribution in [0.5, 0.6) is 0 Å². The van der Waals surface area contributed by atoms with Crippen molar-refractivity contribution in [2.45, 2.75) is 6.18 Å². The van der Waals surface area contributed by atoms with Crippen LogP contribution in [0.3, 0.4) is 0 Å². The van der Waals surface area contributed by atoms with Crippen molar-refractivity contribution >= 4 is 34.0 Å². The summed E-state index contributed by atoms with van der Waals surface area (Å²) in [5, 5.41) is 4.19. The van der Waals surface area contributed by atoms with Gasteiger partial charge in [-0.25, -0.2) is 9.97 Å². The van der Waals surface area contributed by atoms with Crippen molar-refractivity contribution in [1.82, 2.24) is 9.97 Å². The number of nitrogens with one attached hydrogen (secondary N) is 1. The molecule has 7 heteroatoms. The number of rotatable bonds is 2. The van der Waals surface area contributed by atoms with E-state index in [1.165, 1.54) is 18.5 Å². The molecule has 0 aliphatic heterocycles. The van der Waals surface area contributed by atoms with Gasteiger partial charge in [0.15, 0.2) is 0 Å². The highest BCUT2D eigenvalue weighted by Crippen LogP contribution is 2.31. The van der Waals surface area contributed by atoms with Crippen LogP contribution >= 0.6 is 11.6 Å². The SMILES string of the molecule is FC(F)(F)c1ccc(Nc2ncnc3ccc(Cl)cc23)cc1. The van der Waals surface area contributed by atoms with E-state index < -0.39 is 11.7 Å². The molecule has 3 nitrogen and oxygen atoms in total. The Hall–Kier alpha value is -2.34. The molecule has 0 spiro atoms. The standard InChI is InChI=1S/C15H9ClF3N3/c16-10-3-6-13-12(7-10)14(21-8-20-13)22-11-4-1-9(2-5-11)15(17,18)19/h1-8H,(H,20,21,22). The van der Waals surface area contributed by atoms with Gasteiger partial charge in [0.2, 0.25) is 0 Å². The first-order chi connectivity index (χ1) is 10.4. The summed E-state index contributed by atoms with van der Waals surface area (Å²) in [4.78, 5) is 8.22. The summed E-state index contributed by atoms with van der Waals surface area (Å²) in [6, 6.07) is 9.87. The van der Waals surface area contributed by atoms with Crippen molar-refractivity contribution in [2.75, 3.05) is 5.32 Å². The van der Waals surface area contributed by atoms with E-state index in [-0.39, 0.29) is 0 Å². The maximum Gasteiger partial charge on any atom is 0.416 e. The minimum atomic E-state index is -4.35. The zero-order chi connectivity index (χ0) is 15.7. The predicted octanol–water partition coefficient (Wildman–Crippen LogP) is 5.05. The summed E-state index contributed by atoms with van der Waals surface area (Å²) >= 11 is 5.96. The van der Waals surface area contributed by atoms with Gasteiger partial charge in [0.1, 0.15) is 12.1 Å². The molecule has 1 heterocycles. The van der Waals surface area contributed by atoms with E-state index in [1.807, 2.05) is 0 Å². The van der Waals surface area contributed by atoms with Gasteiger partial charge >= 0.3 is 6.18 Å². The zero-order valence-electron chi connectivity index (χ0n) is 11.0. The number of anilines is 2. The number of halogens is 4. The molecular weight excluding hydrogens is 315 g/mol. The highest BCUT2D eigenvalue weighted by molar-refractivity contribution is 6.31. The number of hydrogen-bond acceptors (Lipinski definition) is 3. The van der Waals surface area contributed by atoms with Crippen molar-refractivity contribution < 1.29 is 13.2 Å². The largest absolute Gasteiger partial charge is 0.416 e. The topological polar surface area (TPSA) is 37.8 Å². The van der Waals surface area contributed by atoms with Crippen LogP contribution in [0.15, 0.2) is 48.8 Å². The average molecular weight is 324 g/mol. The van der Waals surface area contributed by atoms with E-state index in [0.29, 0.717) is 27.4 Å². The van der Waals surface area contributed by atoms with Crippen molar-refractivity contribution in [3.8, 4) is 0 Å². The Kier molecular flexibility index (Phi) is 3.62. The normalized spacial score (nSPS) is 11.6. The third kappa shape index (κ3) is 2.96. The third-order valence-electron chi connectivity index (χ3n) is 3.07. The van der Waals surface area contributed by atoms with Crippen LogP contribution in [0.4, 0.5) is 24.7 Å². The number of alkyl halides is 3. The highest BCUT2D eigenvalue weighted by atomic mass is 35.5. The van der Waals surface area contributed by atoms with Gasteiger partial charge in [-0.1, -0.05) is 11.6 Å². The lowest BCUT2D eigenvalue weighted by molar-refractivity contribution is -0.137. The first-order valence-corrected chi connectivity index (χ1v) is 6.66. The fourth-order valence-corrected chi connectivity index (χ4v) is 2.18. The minimum Gasteiger partial charge on any atom is -0.340 e. The van der Waals surface area contributed by atoms with Crippen molar-refractivity contribution in [1.29, 1.82) is 0 Å². The lowest BCUT2D eigenvalue weighted by atomic mass is 10.2. The Morgan fingerprint density at radius 1 is 0.955 bits per heavy atom. The van der Waals surface area contributed by atoms with Crippen molar-refractivity contribution in [3.05, 3.63) is 59.4 Å². The fourth-order valence-electron chi connectivity index (χ4n) is 2.01. The van der Waals surface area contributed by atoms with Crippen LogP contribution < -0.4 is 5.32 Å². The van der Waals surface area contributed by atoms with Gasteiger partial charge in [-0.3, -0.25) is 0 Å². The van der Waals surface area contributed by atoms with Crippen LogP contribution in [0.1, 0.15) is 5.56 Å². The number of hydrogen-bond donors (Lipinski definition) is 1. The number of benzene rings is 2. The van der Waals surface area contributed by atoms with E-state index in [0.717, 1.165) is 12.1 Å².